The summed E-state index contributed by atoms with van der Waals surface area (Å²) in [5.41, 5.74) is 4.78. The predicted octanol–water partition coefficient (Wildman–Crippen LogP) is 5.84. The van der Waals surface area contributed by atoms with E-state index in [1.807, 2.05) is 50.3 Å². The van der Waals surface area contributed by atoms with E-state index in [2.05, 4.69) is 41.5 Å². The molecule has 0 fully saturated rings. The Morgan fingerprint density at radius 2 is 0.962 bits per heavy atom. The molecule has 0 N–H and O–H groups in total. The van der Waals surface area contributed by atoms with Crippen LogP contribution >= 0.6 is 0 Å². The lowest BCUT2D eigenvalue weighted by molar-refractivity contribution is -0.114. The van der Waals surface area contributed by atoms with Gasteiger partial charge in [0.25, 0.3) is 0 Å². The Bertz CT molecular complexity index is 776. The average Bonchev–Trinajstić information content (AvgIpc) is 2.49. The van der Waals surface area contributed by atoms with E-state index >= 15 is 0 Å². The van der Waals surface area contributed by atoms with Gasteiger partial charge in [0.15, 0.2) is 11.6 Å². The molecule has 2 aliphatic carbocycles. The summed E-state index contributed by atoms with van der Waals surface area (Å²) in [6.07, 6.45) is 11.8. The summed E-state index contributed by atoms with van der Waals surface area (Å²) in [5, 5.41) is 0. The number of hydrogen-bond donors (Lipinski definition) is 0. The van der Waals surface area contributed by atoms with E-state index in [0.717, 1.165) is 33.4 Å². The SMILES string of the molecule is CC1=CC(=CC=C2C=C(C(C)(C)C)C(=O)C(C(C)(C)C)=C2)C=C(C)C1=O. The van der Waals surface area contributed by atoms with Crippen LogP contribution < -0.4 is 0 Å². The van der Waals surface area contributed by atoms with E-state index in [-0.39, 0.29) is 22.4 Å². The minimum absolute atomic E-state index is 0.0999. The summed E-state index contributed by atoms with van der Waals surface area (Å²) in [6, 6.07) is 0. The quantitative estimate of drug-likeness (QED) is 0.595. The zero-order chi connectivity index (χ0) is 19.9. The van der Waals surface area contributed by atoms with Crippen molar-refractivity contribution in [1.82, 2.24) is 0 Å². The summed E-state index contributed by atoms with van der Waals surface area (Å²) >= 11 is 0. The summed E-state index contributed by atoms with van der Waals surface area (Å²) in [7, 11) is 0. The second kappa shape index (κ2) is 6.83. The number of allylic oxidation sites excluding steroid dienone is 12. The maximum absolute atomic E-state index is 13.0. The van der Waals surface area contributed by atoms with Gasteiger partial charge in [0, 0.05) is 11.1 Å². The summed E-state index contributed by atoms with van der Waals surface area (Å²) < 4.78 is 0. The molecule has 0 aliphatic heterocycles. The zero-order valence-electron chi connectivity index (χ0n) is 17.3. The van der Waals surface area contributed by atoms with Gasteiger partial charge in [-0.05, 0) is 71.3 Å². The molecule has 0 spiro atoms. The van der Waals surface area contributed by atoms with Crippen LogP contribution in [0.5, 0.6) is 0 Å². The topological polar surface area (TPSA) is 34.1 Å². The van der Waals surface area contributed by atoms with Crippen LogP contribution in [0, 0.1) is 10.8 Å². The van der Waals surface area contributed by atoms with Gasteiger partial charge in [-0.25, -0.2) is 0 Å². The van der Waals surface area contributed by atoms with Crippen molar-refractivity contribution < 1.29 is 9.59 Å². The van der Waals surface area contributed by atoms with Gasteiger partial charge in [0.1, 0.15) is 0 Å². The number of Topliss-reactive ketones (excluding diaryl/α,β-unsaturated/α-hetero) is 2. The molecule has 2 heteroatoms. The molecular weight excluding hydrogens is 320 g/mol. The van der Waals surface area contributed by atoms with E-state index in [1.54, 1.807) is 0 Å². The number of carbonyl (C=O) groups is 2. The van der Waals surface area contributed by atoms with Gasteiger partial charge in [0.2, 0.25) is 0 Å². The Hall–Kier alpha value is -2.22. The Morgan fingerprint density at radius 3 is 1.31 bits per heavy atom. The van der Waals surface area contributed by atoms with Crippen molar-refractivity contribution in [3.8, 4) is 0 Å². The van der Waals surface area contributed by atoms with E-state index < -0.39 is 0 Å². The third-order valence-electron chi connectivity index (χ3n) is 4.68. The lowest BCUT2D eigenvalue weighted by Gasteiger charge is -2.31. The Labute approximate surface area is 157 Å². The fourth-order valence-electron chi connectivity index (χ4n) is 3.13. The normalized spacial score (nSPS) is 18.9. The molecule has 138 valence electrons. The van der Waals surface area contributed by atoms with Crippen LogP contribution in [0.15, 0.2) is 69.9 Å². The first-order valence-electron chi connectivity index (χ1n) is 9.13. The highest BCUT2D eigenvalue weighted by molar-refractivity contribution is 6.12. The molecule has 2 nitrogen and oxygen atoms in total. The molecule has 0 saturated heterocycles. The second-order valence-electron chi connectivity index (χ2n) is 9.26. The molecular formula is C24H30O2. The molecule has 2 rings (SSSR count). The molecule has 2 aliphatic rings. The number of ketones is 2. The first-order chi connectivity index (χ1) is 11.8. The molecule has 0 heterocycles. The van der Waals surface area contributed by atoms with Crippen molar-refractivity contribution in [3.63, 3.8) is 0 Å². The van der Waals surface area contributed by atoms with Crippen LogP contribution in [0.2, 0.25) is 0 Å². The third-order valence-corrected chi connectivity index (χ3v) is 4.68. The van der Waals surface area contributed by atoms with Gasteiger partial charge >= 0.3 is 0 Å². The molecule has 0 radical (unpaired) electrons. The standard InChI is InChI=1S/C24H30O2/c1-15-11-17(12-16(2)21(15)25)9-10-18-13-19(23(3,4)5)22(26)20(14-18)24(6,7)8/h9-14H,1-8H3. The summed E-state index contributed by atoms with van der Waals surface area (Å²) in [5.74, 6) is 0.243. The first kappa shape index (κ1) is 20.1. The second-order valence-corrected chi connectivity index (χ2v) is 9.26. The van der Waals surface area contributed by atoms with E-state index in [9.17, 15) is 9.59 Å². The minimum atomic E-state index is -0.210. The molecule has 26 heavy (non-hydrogen) atoms. The third kappa shape index (κ3) is 4.30. The van der Waals surface area contributed by atoms with Crippen LogP contribution in [0.1, 0.15) is 55.4 Å². The molecule has 0 aromatic rings. The molecule has 0 saturated carbocycles. The van der Waals surface area contributed by atoms with E-state index in [1.165, 1.54) is 0 Å². The summed E-state index contributed by atoms with van der Waals surface area (Å²) in [6.45, 7) is 16.1. The highest BCUT2D eigenvalue weighted by Crippen LogP contribution is 2.38. The lowest BCUT2D eigenvalue weighted by Crippen LogP contribution is -2.27. The summed E-state index contributed by atoms with van der Waals surface area (Å²) in [4.78, 5) is 24.8. The van der Waals surface area contributed by atoms with Gasteiger partial charge < -0.3 is 0 Å². The van der Waals surface area contributed by atoms with Crippen molar-refractivity contribution in [2.24, 2.45) is 10.8 Å². The molecule has 0 aromatic heterocycles. The maximum atomic E-state index is 13.0. The Kier molecular flexibility index (Phi) is 5.28. The molecule has 0 aromatic carbocycles. The van der Waals surface area contributed by atoms with Gasteiger partial charge in [-0.1, -0.05) is 53.7 Å². The lowest BCUT2D eigenvalue weighted by atomic mass is 9.72. The smallest absolute Gasteiger partial charge is 0.186 e. The van der Waals surface area contributed by atoms with Gasteiger partial charge in [-0.3, -0.25) is 9.59 Å². The zero-order valence-corrected chi connectivity index (χ0v) is 17.3. The highest BCUT2D eigenvalue weighted by Gasteiger charge is 2.33. The fourth-order valence-corrected chi connectivity index (χ4v) is 3.13. The number of carbonyl (C=O) groups excluding carboxylic acids is 2. The molecule has 0 bridgehead atoms. The van der Waals surface area contributed by atoms with Gasteiger partial charge in [-0.15, -0.1) is 0 Å². The number of rotatable bonds is 1. The monoisotopic (exact) mass is 350 g/mol. The molecule has 0 unspecified atom stereocenters. The van der Waals surface area contributed by atoms with Crippen LogP contribution in [0.25, 0.3) is 0 Å². The largest absolute Gasteiger partial charge is 0.289 e. The van der Waals surface area contributed by atoms with Crippen molar-refractivity contribution in [2.45, 2.75) is 55.4 Å². The Balaban J connectivity index is 2.52. The van der Waals surface area contributed by atoms with Crippen molar-refractivity contribution >= 4 is 11.6 Å². The van der Waals surface area contributed by atoms with Crippen LogP contribution in [0.4, 0.5) is 0 Å². The predicted molar refractivity (Wildman–Crippen MR) is 109 cm³/mol. The minimum Gasteiger partial charge on any atom is -0.289 e. The maximum Gasteiger partial charge on any atom is 0.186 e. The van der Waals surface area contributed by atoms with Gasteiger partial charge in [-0.2, -0.15) is 0 Å². The average molecular weight is 351 g/mol. The van der Waals surface area contributed by atoms with E-state index in [4.69, 9.17) is 0 Å². The highest BCUT2D eigenvalue weighted by atomic mass is 16.1. The van der Waals surface area contributed by atoms with E-state index in [0.29, 0.717) is 0 Å². The molecule has 0 amide bonds. The van der Waals surface area contributed by atoms with Crippen molar-refractivity contribution in [2.75, 3.05) is 0 Å². The van der Waals surface area contributed by atoms with Crippen LogP contribution in [-0.4, -0.2) is 11.6 Å². The van der Waals surface area contributed by atoms with Crippen molar-refractivity contribution in [3.05, 3.63) is 69.9 Å². The number of hydrogen-bond acceptors (Lipinski definition) is 2. The van der Waals surface area contributed by atoms with Crippen molar-refractivity contribution in [1.29, 1.82) is 0 Å². The molecule has 0 atom stereocenters. The Morgan fingerprint density at radius 1 is 0.615 bits per heavy atom. The van der Waals surface area contributed by atoms with Crippen LogP contribution in [0.3, 0.4) is 0 Å². The van der Waals surface area contributed by atoms with Crippen LogP contribution in [-0.2, 0) is 9.59 Å². The van der Waals surface area contributed by atoms with Gasteiger partial charge in [0.05, 0.1) is 0 Å². The first-order valence-corrected chi connectivity index (χ1v) is 9.13. The fraction of sp³-hybridized carbons (Fsp3) is 0.417.